The molecule has 2 N–H and O–H groups in total. The first-order chi connectivity index (χ1) is 17.5. The van der Waals surface area contributed by atoms with Crippen LogP contribution in [0.2, 0.25) is 0 Å². The Bertz CT molecular complexity index is 1250. The zero-order valence-corrected chi connectivity index (χ0v) is 20.1. The van der Waals surface area contributed by atoms with E-state index in [1.807, 2.05) is 24.3 Å². The molecule has 1 heterocycles. The van der Waals surface area contributed by atoms with Crippen molar-refractivity contribution < 1.29 is 13.9 Å². The molecular weight excluding hydrogens is 453 g/mol. The van der Waals surface area contributed by atoms with E-state index in [-0.39, 0.29) is 5.82 Å². The summed E-state index contributed by atoms with van der Waals surface area (Å²) in [6.45, 7) is 2.68. The molecule has 0 aliphatic heterocycles. The van der Waals surface area contributed by atoms with Gasteiger partial charge in [0.15, 0.2) is 0 Å². The second-order valence-electron chi connectivity index (χ2n) is 8.74. The molecule has 0 spiro atoms. The van der Waals surface area contributed by atoms with Crippen LogP contribution in [0.3, 0.4) is 0 Å². The van der Waals surface area contributed by atoms with Gasteiger partial charge in [-0.15, -0.1) is 0 Å². The number of nitrogens with zero attached hydrogens (tertiary/aromatic N) is 2. The minimum absolute atomic E-state index is 0.187. The highest BCUT2D eigenvalue weighted by Crippen LogP contribution is 2.20. The number of carbonyl (C=O) groups excluding carboxylic acids is 1. The van der Waals surface area contributed by atoms with E-state index < -0.39 is 5.91 Å². The number of hydrogen-bond donors (Lipinski definition) is 1. The van der Waals surface area contributed by atoms with Crippen molar-refractivity contribution in [3.05, 3.63) is 125 Å². The van der Waals surface area contributed by atoms with Gasteiger partial charge in [-0.3, -0.25) is 9.69 Å². The molecule has 0 bridgehead atoms. The molecule has 0 saturated carbocycles. The van der Waals surface area contributed by atoms with Crippen molar-refractivity contribution >= 4 is 5.91 Å². The summed E-state index contributed by atoms with van der Waals surface area (Å²) in [6.07, 6.45) is 4.16. The van der Waals surface area contributed by atoms with Crippen molar-refractivity contribution in [3.8, 4) is 11.6 Å². The van der Waals surface area contributed by atoms with E-state index >= 15 is 0 Å². The summed E-state index contributed by atoms with van der Waals surface area (Å²) in [5, 5.41) is 0. The standard InChI is InChI=1S/C30H30FN3O2/c31-27-10-4-8-24(20-27)17-19-34(22-25-6-2-1-3-7-25)18-5-9-23-11-14-28(15-12-23)36-29-16-13-26(21-33-29)30(32)35/h1-4,6-8,10-16,20-21H,5,9,17-19,22H2,(H2,32,35). The first kappa shape index (κ1) is 25.1. The Kier molecular flexibility index (Phi) is 8.78. The van der Waals surface area contributed by atoms with E-state index in [0.717, 1.165) is 44.5 Å². The summed E-state index contributed by atoms with van der Waals surface area (Å²) in [7, 11) is 0. The number of halogens is 1. The summed E-state index contributed by atoms with van der Waals surface area (Å²) >= 11 is 0. The van der Waals surface area contributed by atoms with Crippen LogP contribution in [-0.4, -0.2) is 28.9 Å². The molecule has 6 heteroatoms. The molecule has 4 rings (SSSR count). The number of aryl methyl sites for hydroxylation is 1. The lowest BCUT2D eigenvalue weighted by molar-refractivity contribution is 0.1000. The molecule has 0 saturated heterocycles. The summed E-state index contributed by atoms with van der Waals surface area (Å²) in [6, 6.07) is 28.5. The van der Waals surface area contributed by atoms with Crippen LogP contribution < -0.4 is 10.5 Å². The second-order valence-corrected chi connectivity index (χ2v) is 8.74. The topological polar surface area (TPSA) is 68.5 Å². The Morgan fingerprint density at radius 3 is 2.31 bits per heavy atom. The van der Waals surface area contributed by atoms with Crippen molar-refractivity contribution in [2.24, 2.45) is 5.73 Å². The lowest BCUT2D eigenvalue weighted by atomic mass is 10.1. The Balaban J connectivity index is 1.30. The predicted octanol–water partition coefficient (Wildman–Crippen LogP) is 5.79. The van der Waals surface area contributed by atoms with Gasteiger partial charge in [-0.25, -0.2) is 9.37 Å². The maximum atomic E-state index is 13.6. The average molecular weight is 484 g/mol. The van der Waals surface area contributed by atoms with Crippen LogP contribution in [0.5, 0.6) is 11.6 Å². The molecule has 4 aromatic rings. The monoisotopic (exact) mass is 483 g/mol. The van der Waals surface area contributed by atoms with Gasteiger partial charge in [0.25, 0.3) is 0 Å². The van der Waals surface area contributed by atoms with Crippen molar-refractivity contribution in [2.75, 3.05) is 13.1 Å². The molecule has 0 radical (unpaired) electrons. The molecule has 0 unspecified atom stereocenters. The number of nitrogens with two attached hydrogens (primary N) is 1. The maximum Gasteiger partial charge on any atom is 0.250 e. The van der Waals surface area contributed by atoms with Gasteiger partial charge in [0, 0.05) is 25.4 Å². The number of rotatable bonds is 12. The lowest BCUT2D eigenvalue weighted by Gasteiger charge is -2.22. The molecule has 5 nitrogen and oxygen atoms in total. The predicted molar refractivity (Wildman–Crippen MR) is 139 cm³/mol. The minimum Gasteiger partial charge on any atom is -0.439 e. The van der Waals surface area contributed by atoms with Crippen LogP contribution in [0.25, 0.3) is 0 Å². The number of amides is 1. The van der Waals surface area contributed by atoms with Crippen LogP contribution >= 0.6 is 0 Å². The molecule has 0 aliphatic rings. The quantitative estimate of drug-likeness (QED) is 0.277. The maximum absolute atomic E-state index is 13.6. The number of hydrogen-bond acceptors (Lipinski definition) is 4. The smallest absolute Gasteiger partial charge is 0.250 e. The molecule has 3 aromatic carbocycles. The van der Waals surface area contributed by atoms with E-state index in [2.05, 4.69) is 46.3 Å². The molecule has 0 fully saturated rings. The number of pyridine rings is 1. The summed E-state index contributed by atoms with van der Waals surface area (Å²) in [5.74, 6) is 0.379. The van der Waals surface area contributed by atoms with Crippen LogP contribution in [-0.2, 0) is 19.4 Å². The number of ether oxygens (including phenoxy) is 1. The molecule has 1 aromatic heterocycles. The van der Waals surface area contributed by atoms with Gasteiger partial charge >= 0.3 is 0 Å². The van der Waals surface area contributed by atoms with E-state index in [0.29, 0.717) is 17.2 Å². The summed E-state index contributed by atoms with van der Waals surface area (Å²) < 4.78 is 19.3. The van der Waals surface area contributed by atoms with E-state index in [1.54, 1.807) is 24.3 Å². The van der Waals surface area contributed by atoms with E-state index in [9.17, 15) is 9.18 Å². The molecule has 184 valence electrons. The van der Waals surface area contributed by atoms with Crippen LogP contribution in [0, 0.1) is 5.82 Å². The minimum atomic E-state index is -0.519. The fourth-order valence-electron chi connectivity index (χ4n) is 4.03. The van der Waals surface area contributed by atoms with Crippen LogP contribution in [0.4, 0.5) is 4.39 Å². The Labute approximate surface area is 211 Å². The molecule has 0 aliphatic carbocycles. The van der Waals surface area contributed by atoms with Gasteiger partial charge in [-0.05, 0) is 72.8 Å². The van der Waals surface area contributed by atoms with Gasteiger partial charge < -0.3 is 10.5 Å². The largest absolute Gasteiger partial charge is 0.439 e. The van der Waals surface area contributed by atoms with Crippen molar-refractivity contribution in [3.63, 3.8) is 0 Å². The van der Waals surface area contributed by atoms with Gasteiger partial charge in [-0.2, -0.15) is 0 Å². The lowest BCUT2D eigenvalue weighted by Crippen LogP contribution is -2.27. The molecule has 36 heavy (non-hydrogen) atoms. The van der Waals surface area contributed by atoms with Gasteiger partial charge in [0.2, 0.25) is 11.8 Å². The average Bonchev–Trinajstić information content (AvgIpc) is 2.89. The SMILES string of the molecule is NC(=O)c1ccc(Oc2ccc(CCCN(CCc3cccc(F)c3)Cc3ccccc3)cc2)nc1. The molecule has 0 atom stereocenters. The van der Waals surface area contributed by atoms with Crippen LogP contribution in [0.1, 0.15) is 33.5 Å². The molecular formula is C30H30FN3O2. The first-order valence-electron chi connectivity index (χ1n) is 12.1. The highest BCUT2D eigenvalue weighted by Gasteiger charge is 2.08. The summed E-state index contributed by atoms with van der Waals surface area (Å²) in [5.41, 5.74) is 9.10. The van der Waals surface area contributed by atoms with Gasteiger partial charge in [0.05, 0.1) is 5.56 Å². The Morgan fingerprint density at radius 1 is 0.833 bits per heavy atom. The highest BCUT2D eigenvalue weighted by molar-refractivity contribution is 5.92. The normalized spacial score (nSPS) is 10.9. The highest BCUT2D eigenvalue weighted by atomic mass is 19.1. The number of primary amides is 1. The zero-order chi connectivity index (χ0) is 25.2. The van der Waals surface area contributed by atoms with Crippen molar-refractivity contribution in [1.29, 1.82) is 0 Å². The second kappa shape index (κ2) is 12.6. The van der Waals surface area contributed by atoms with Crippen LogP contribution in [0.15, 0.2) is 97.2 Å². The van der Waals surface area contributed by atoms with Crippen molar-refractivity contribution in [2.45, 2.75) is 25.8 Å². The van der Waals surface area contributed by atoms with E-state index in [4.69, 9.17) is 10.5 Å². The van der Waals surface area contributed by atoms with Gasteiger partial charge in [-0.1, -0.05) is 54.6 Å². The Hall–Kier alpha value is -4.03. The van der Waals surface area contributed by atoms with Gasteiger partial charge in [0.1, 0.15) is 11.6 Å². The fraction of sp³-hybridized carbons (Fsp3) is 0.200. The Morgan fingerprint density at radius 2 is 1.61 bits per heavy atom. The third-order valence-corrected chi connectivity index (χ3v) is 5.96. The number of benzene rings is 3. The third-order valence-electron chi connectivity index (χ3n) is 5.96. The van der Waals surface area contributed by atoms with E-state index in [1.165, 1.54) is 23.4 Å². The third kappa shape index (κ3) is 7.75. The number of aromatic nitrogens is 1. The van der Waals surface area contributed by atoms with Crippen molar-refractivity contribution in [1.82, 2.24) is 9.88 Å². The summed E-state index contributed by atoms with van der Waals surface area (Å²) in [4.78, 5) is 17.7. The molecule has 1 amide bonds. The fourth-order valence-corrected chi connectivity index (χ4v) is 4.03. The first-order valence-corrected chi connectivity index (χ1v) is 12.1. The number of carbonyl (C=O) groups is 1. The zero-order valence-electron chi connectivity index (χ0n) is 20.1.